The Balaban J connectivity index is 2.11. The highest BCUT2D eigenvalue weighted by Crippen LogP contribution is 2.31. The highest BCUT2D eigenvalue weighted by atomic mass is 35.5. The molecule has 0 radical (unpaired) electrons. The summed E-state index contributed by atoms with van der Waals surface area (Å²) in [4.78, 5) is 0. The molecule has 0 bridgehead atoms. The number of nitrogens with zero attached hydrogens (tertiary/aromatic N) is 1. The lowest BCUT2D eigenvalue weighted by Crippen LogP contribution is -2.34. The van der Waals surface area contributed by atoms with Gasteiger partial charge < -0.3 is 5.73 Å². The minimum Gasteiger partial charge on any atom is -0.310 e. The predicted octanol–water partition coefficient (Wildman–Crippen LogP) is 2.79. The van der Waals surface area contributed by atoms with Crippen LogP contribution in [0, 0.1) is 11.6 Å². The zero-order valence-electron chi connectivity index (χ0n) is 8.16. The van der Waals surface area contributed by atoms with E-state index in [2.05, 4.69) is 0 Å². The van der Waals surface area contributed by atoms with Crippen LogP contribution in [0.4, 0.5) is 8.78 Å². The summed E-state index contributed by atoms with van der Waals surface area (Å²) in [5.41, 5.74) is 6.15. The van der Waals surface area contributed by atoms with Gasteiger partial charge in [-0.15, -0.1) is 0 Å². The number of hydrogen-bond donors (Lipinski definition) is 1. The van der Waals surface area contributed by atoms with E-state index < -0.39 is 17.8 Å². The van der Waals surface area contributed by atoms with E-state index in [1.807, 2.05) is 0 Å². The van der Waals surface area contributed by atoms with Gasteiger partial charge in [-0.05, 0) is 18.0 Å². The van der Waals surface area contributed by atoms with Crippen molar-refractivity contribution in [1.29, 1.82) is 0 Å². The Morgan fingerprint density at radius 1 is 1.44 bits per heavy atom. The maximum absolute atomic E-state index is 13.4. The molecule has 86 valence electrons. The molecule has 0 spiro atoms. The smallest absolute Gasteiger partial charge is 0.130 e. The Hall–Kier alpha value is -0.620. The summed E-state index contributed by atoms with van der Waals surface area (Å²) in [6, 6.07) is 3.49. The average Bonchev–Trinajstić information content (AvgIpc) is 2.54. The topological polar surface area (TPSA) is 29.3 Å². The van der Waals surface area contributed by atoms with E-state index in [9.17, 15) is 8.78 Å². The molecule has 0 saturated heterocycles. The molecule has 6 heteroatoms. The molecule has 1 aliphatic rings. The normalized spacial score (nSPS) is 21.2. The SMILES string of the molecule is NC1C(Cl)=CSN1Cc1ccc(F)cc1F. The van der Waals surface area contributed by atoms with Crippen LogP contribution in [0.1, 0.15) is 5.56 Å². The average molecular weight is 263 g/mol. The summed E-state index contributed by atoms with van der Waals surface area (Å²) >= 11 is 7.13. The Kier molecular flexibility index (Phi) is 3.49. The van der Waals surface area contributed by atoms with Gasteiger partial charge in [0.25, 0.3) is 0 Å². The van der Waals surface area contributed by atoms with Crippen LogP contribution in [0.3, 0.4) is 0 Å². The fraction of sp³-hybridized carbons (Fsp3) is 0.200. The summed E-state index contributed by atoms with van der Waals surface area (Å²) in [7, 11) is 0. The van der Waals surface area contributed by atoms with Crippen LogP contribution in [0.5, 0.6) is 0 Å². The van der Waals surface area contributed by atoms with Crippen LogP contribution in [-0.2, 0) is 6.54 Å². The van der Waals surface area contributed by atoms with Gasteiger partial charge in [-0.3, -0.25) is 0 Å². The zero-order valence-corrected chi connectivity index (χ0v) is 9.73. The molecular weight excluding hydrogens is 254 g/mol. The first kappa shape index (κ1) is 11.9. The van der Waals surface area contributed by atoms with Crippen LogP contribution in [0.15, 0.2) is 28.6 Å². The lowest BCUT2D eigenvalue weighted by molar-refractivity contribution is 0.403. The Bertz CT molecular complexity index is 439. The standard InChI is InChI=1S/C10H9ClF2N2S/c11-8-5-16-15(10(8)14)4-6-1-2-7(12)3-9(6)13/h1-3,5,10H,4,14H2. The molecule has 2 rings (SSSR count). The number of nitrogens with two attached hydrogens (primary N) is 1. The van der Waals surface area contributed by atoms with E-state index >= 15 is 0 Å². The van der Waals surface area contributed by atoms with E-state index in [0.717, 1.165) is 6.07 Å². The van der Waals surface area contributed by atoms with Gasteiger partial charge in [0, 0.05) is 23.6 Å². The molecule has 1 heterocycles. The van der Waals surface area contributed by atoms with Crippen molar-refractivity contribution in [1.82, 2.24) is 4.31 Å². The largest absolute Gasteiger partial charge is 0.310 e. The minimum atomic E-state index is -0.587. The van der Waals surface area contributed by atoms with Crippen molar-refractivity contribution in [3.63, 3.8) is 0 Å². The van der Waals surface area contributed by atoms with Crippen molar-refractivity contribution in [3.05, 3.63) is 45.8 Å². The summed E-state index contributed by atoms with van der Waals surface area (Å²) in [6.45, 7) is 0.282. The number of benzene rings is 1. The van der Waals surface area contributed by atoms with Crippen molar-refractivity contribution >= 4 is 23.5 Å². The molecule has 2 N–H and O–H groups in total. The lowest BCUT2D eigenvalue weighted by Gasteiger charge is -2.20. The molecule has 16 heavy (non-hydrogen) atoms. The second-order valence-electron chi connectivity index (χ2n) is 3.36. The number of hydrogen-bond acceptors (Lipinski definition) is 3. The predicted molar refractivity (Wildman–Crippen MR) is 61.4 cm³/mol. The number of rotatable bonds is 2. The molecule has 0 amide bonds. The monoisotopic (exact) mass is 262 g/mol. The number of halogens is 3. The second-order valence-corrected chi connectivity index (χ2v) is 4.72. The minimum absolute atomic E-state index is 0.282. The van der Waals surface area contributed by atoms with Crippen molar-refractivity contribution in [2.24, 2.45) is 5.73 Å². The Morgan fingerprint density at radius 3 is 2.75 bits per heavy atom. The molecule has 1 unspecified atom stereocenters. The van der Waals surface area contributed by atoms with Crippen LogP contribution >= 0.6 is 23.5 Å². The van der Waals surface area contributed by atoms with Gasteiger partial charge in [0.05, 0.1) is 5.03 Å². The van der Waals surface area contributed by atoms with Crippen molar-refractivity contribution in [3.8, 4) is 0 Å². The maximum Gasteiger partial charge on any atom is 0.130 e. The summed E-state index contributed by atoms with van der Waals surface area (Å²) in [5.74, 6) is -1.16. The van der Waals surface area contributed by atoms with Gasteiger partial charge >= 0.3 is 0 Å². The molecule has 0 fully saturated rings. The molecular formula is C10H9ClF2N2S. The Morgan fingerprint density at radius 2 is 2.19 bits per heavy atom. The molecule has 0 saturated carbocycles. The van der Waals surface area contributed by atoms with Gasteiger partial charge in [0.15, 0.2) is 0 Å². The van der Waals surface area contributed by atoms with Crippen molar-refractivity contribution in [2.75, 3.05) is 0 Å². The van der Waals surface area contributed by atoms with Crippen LogP contribution in [0.2, 0.25) is 0 Å². The molecule has 0 aromatic heterocycles. The van der Waals surface area contributed by atoms with E-state index in [-0.39, 0.29) is 6.54 Å². The molecule has 2 nitrogen and oxygen atoms in total. The summed E-state index contributed by atoms with van der Waals surface area (Å²) in [5, 5.41) is 2.22. The molecule has 1 aromatic rings. The first-order valence-electron chi connectivity index (χ1n) is 4.56. The van der Waals surface area contributed by atoms with Gasteiger partial charge in [-0.2, -0.15) is 0 Å². The zero-order chi connectivity index (χ0) is 11.7. The summed E-state index contributed by atoms with van der Waals surface area (Å²) < 4.78 is 27.8. The van der Waals surface area contributed by atoms with Gasteiger partial charge in [0.1, 0.15) is 17.8 Å². The van der Waals surface area contributed by atoms with Crippen LogP contribution in [-0.4, -0.2) is 10.5 Å². The van der Waals surface area contributed by atoms with Crippen molar-refractivity contribution in [2.45, 2.75) is 12.7 Å². The van der Waals surface area contributed by atoms with Crippen LogP contribution < -0.4 is 5.73 Å². The van der Waals surface area contributed by atoms with E-state index in [1.54, 1.807) is 9.71 Å². The lowest BCUT2D eigenvalue weighted by atomic mass is 10.2. The third-order valence-electron chi connectivity index (χ3n) is 2.23. The third kappa shape index (κ3) is 2.38. The van der Waals surface area contributed by atoms with Gasteiger partial charge in [0.2, 0.25) is 0 Å². The van der Waals surface area contributed by atoms with E-state index in [4.69, 9.17) is 17.3 Å². The van der Waals surface area contributed by atoms with E-state index in [0.29, 0.717) is 10.6 Å². The first-order valence-corrected chi connectivity index (χ1v) is 5.78. The van der Waals surface area contributed by atoms with Gasteiger partial charge in [-0.1, -0.05) is 17.7 Å². The molecule has 1 aromatic carbocycles. The fourth-order valence-corrected chi connectivity index (χ4v) is 2.47. The third-order valence-corrected chi connectivity index (χ3v) is 3.68. The highest BCUT2D eigenvalue weighted by molar-refractivity contribution is 8.00. The van der Waals surface area contributed by atoms with Gasteiger partial charge in [-0.25, -0.2) is 13.1 Å². The summed E-state index contributed by atoms with van der Waals surface area (Å²) in [6.07, 6.45) is -0.434. The molecule has 0 aliphatic carbocycles. The molecule has 1 atom stereocenters. The quantitative estimate of drug-likeness (QED) is 0.831. The Labute approximate surface area is 101 Å². The second kappa shape index (κ2) is 4.71. The maximum atomic E-state index is 13.4. The molecule has 1 aliphatic heterocycles. The van der Waals surface area contributed by atoms with E-state index in [1.165, 1.54) is 24.1 Å². The highest BCUT2D eigenvalue weighted by Gasteiger charge is 2.24. The van der Waals surface area contributed by atoms with Crippen molar-refractivity contribution < 1.29 is 8.78 Å². The van der Waals surface area contributed by atoms with Crippen LogP contribution in [0.25, 0.3) is 0 Å². The fourth-order valence-electron chi connectivity index (χ4n) is 1.34. The first-order chi connectivity index (χ1) is 7.58.